The van der Waals surface area contributed by atoms with Crippen molar-refractivity contribution in [3.63, 3.8) is 0 Å². The number of fused-ring (bicyclic) bond motifs is 2. The number of carbonyl (C=O) groups is 2. The highest BCUT2D eigenvalue weighted by Gasteiger charge is 2.53. The van der Waals surface area contributed by atoms with Crippen molar-refractivity contribution in [2.75, 3.05) is 13.2 Å². The van der Waals surface area contributed by atoms with Crippen molar-refractivity contribution in [1.82, 2.24) is 4.31 Å². The number of rotatable bonds is 6. The Bertz CT molecular complexity index is 896. The Labute approximate surface area is 166 Å². The van der Waals surface area contributed by atoms with Crippen molar-refractivity contribution >= 4 is 21.9 Å². The number of hydrogen-bond acceptors (Lipinski definition) is 5. The predicted molar refractivity (Wildman–Crippen MR) is 104 cm³/mol. The average molecular weight is 409 g/mol. The minimum absolute atomic E-state index is 0.0230. The molecular weight excluding hydrogens is 380 g/mol. The van der Waals surface area contributed by atoms with E-state index in [1.165, 1.54) is 24.3 Å². The van der Waals surface area contributed by atoms with E-state index in [-0.39, 0.29) is 40.4 Å². The first-order chi connectivity index (χ1) is 12.9. The minimum Gasteiger partial charge on any atom is -0.462 e. The fourth-order valence-electron chi connectivity index (χ4n) is 4.94. The fraction of sp³-hybridized carbons (Fsp3) is 0.600. The van der Waals surface area contributed by atoms with E-state index in [4.69, 9.17) is 10.5 Å². The molecule has 1 heterocycles. The quantitative estimate of drug-likeness (QED) is 0.727. The van der Waals surface area contributed by atoms with Crippen LogP contribution in [-0.2, 0) is 19.6 Å². The van der Waals surface area contributed by atoms with Crippen LogP contribution in [0, 0.1) is 10.8 Å². The van der Waals surface area contributed by atoms with Crippen LogP contribution in [0.5, 0.6) is 0 Å². The van der Waals surface area contributed by atoms with Gasteiger partial charge in [0.15, 0.2) is 0 Å². The fourth-order valence-corrected chi connectivity index (χ4v) is 6.76. The van der Waals surface area contributed by atoms with Gasteiger partial charge in [-0.25, -0.2) is 13.2 Å². The number of sulfonamides is 1. The molecule has 0 spiro atoms. The Morgan fingerprint density at radius 1 is 1.25 bits per heavy atom. The molecule has 1 aromatic carbocycles. The Hall–Kier alpha value is -1.93. The van der Waals surface area contributed by atoms with Gasteiger partial charge in [0, 0.05) is 12.6 Å². The maximum Gasteiger partial charge on any atom is 0.338 e. The summed E-state index contributed by atoms with van der Waals surface area (Å²) in [4.78, 5) is 23.0. The maximum atomic E-state index is 13.3. The summed E-state index contributed by atoms with van der Waals surface area (Å²) in [6.07, 6.45) is 2.61. The molecule has 1 aliphatic heterocycles. The second-order valence-electron chi connectivity index (χ2n) is 9.14. The molecular formula is C20H28N2O5S. The number of hydrogen-bond donors (Lipinski definition) is 1. The lowest BCUT2D eigenvalue weighted by atomic mass is 9.65. The normalized spacial score (nSPS) is 26.8. The van der Waals surface area contributed by atoms with Crippen molar-refractivity contribution in [2.45, 2.75) is 57.4 Å². The topological polar surface area (TPSA) is 107 Å². The molecule has 2 unspecified atom stereocenters. The van der Waals surface area contributed by atoms with E-state index in [2.05, 4.69) is 20.8 Å². The number of primary amides is 1. The van der Waals surface area contributed by atoms with Crippen LogP contribution >= 0.6 is 0 Å². The van der Waals surface area contributed by atoms with Crippen LogP contribution < -0.4 is 5.73 Å². The predicted octanol–water partition coefficient (Wildman–Crippen LogP) is 2.31. The average Bonchev–Trinajstić information content (AvgIpc) is 2.84. The molecule has 2 aliphatic rings. The molecule has 7 nitrogen and oxygen atoms in total. The van der Waals surface area contributed by atoms with Crippen LogP contribution in [0.15, 0.2) is 29.2 Å². The lowest BCUT2D eigenvalue weighted by Gasteiger charge is -2.39. The Morgan fingerprint density at radius 3 is 2.64 bits per heavy atom. The molecule has 154 valence electrons. The first-order valence-electron chi connectivity index (χ1n) is 9.49. The zero-order valence-corrected chi connectivity index (χ0v) is 17.4. The van der Waals surface area contributed by atoms with Crippen LogP contribution in [-0.4, -0.2) is 43.8 Å². The lowest BCUT2D eigenvalue weighted by Crippen LogP contribution is -2.37. The molecule has 0 radical (unpaired) electrons. The molecule has 2 atom stereocenters. The molecule has 2 fully saturated rings. The molecule has 28 heavy (non-hydrogen) atoms. The van der Waals surface area contributed by atoms with Crippen molar-refractivity contribution in [3.8, 4) is 0 Å². The van der Waals surface area contributed by atoms with Gasteiger partial charge in [-0.3, -0.25) is 4.79 Å². The molecule has 1 aliphatic carbocycles. The Balaban J connectivity index is 1.81. The number of nitrogens with two attached hydrogens (primary N) is 1. The minimum atomic E-state index is -3.72. The largest absolute Gasteiger partial charge is 0.462 e. The number of carbonyl (C=O) groups excluding carboxylic acids is 2. The smallest absolute Gasteiger partial charge is 0.338 e. The highest BCUT2D eigenvalue weighted by molar-refractivity contribution is 7.89. The zero-order valence-electron chi connectivity index (χ0n) is 16.6. The van der Waals surface area contributed by atoms with Gasteiger partial charge < -0.3 is 10.5 Å². The molecule has 2 N–H and O–H groups in total. The SMILES string of the molecule is CC1(C)CC2CC(C)(CN2S(=O)(=O)c2cccc(C(=O)OCCC(N)=O)c2)C1. The van der Waals surface area contributed by atoms with Gasteiger partial charge in [-0.2, -0.15) is 4.31 Å². The van der Waals surface area contributed by atoms with Crippen LogP contribution in [0.2, 0.25) is 0 Å². The zero-order chi connectivity index (χ0) is 20.7. The molecule has 0 aromatic heterocycles. The van der Waals surface area contributed by atoms with Crippen LogP contribution in [0.25, 0.3) is 0 Å². The van der Waals surface area contributed by atoms with E-state index in [1.807, 2.05) is 0 Å². The molecule has 2 bridgehead atoms. The monoisotopic (exact) mass is 408 g/mol. The summed E-state index contributed by atoms with van der Waals surface area (Å²) in [5.74, 6) is -1.24. The second-order valence-corrected chi connectivity index (χ2v) is 11.0. The van der Waals surface area contributed by atoms with Crippen LogP contribution in [0.1, 0.15) is 56.8 Å². The summed E-state index contributed by atoms with van der Waals surface area (Å²) >= 11 is 0. The second kappa shape index (κ2) is 7.15. The molecule has 3 rings (SSSR count). The van der Waals surface area contributed by atoms with Crippen LogP contribution in [0.3, 0.4) is 0 Å². The third-order valence-electron chi connectivity index (χ3n) is 5.62. The van der Waals surface area contributed by atoms with Crippen molar-refractivity contribution in [3.05, 3.63) is 29.8 Å². The Kier molecular flexibility index (Phi) is 5.31. The van der Waals surface area contributed by atoms with Gasteiger partial charge in [0.05, 0.1) is 16.9 Å². The van der Waals surface area contributed by atoms with Crippen molar-refractivity contribution < 1.29 is 22.7 Å². The molecule has 1 saturated carbocycles. The first kappa shape index (κ1) is 20.8. The first-order valence-corrected chi connectivity index (χ1v) is 10.9. The summed E-state index contributed by atoms with van der Waals surface area (Å²) in [6, 6.07) is 5.86. The van der Waals surface area contributed by atoms with Gasteiger partial charge >= 0.3 is 5.97 Å². The third kappa shape index (κ3) is 4.22. The summed E-state index contributed by atoms with van der Waals surface area (Å²) < 4.78 is 33.2. The van der Waals surface area contributed by atoms with E-state index in [0.29, 0.717) is 6.54 Å². The van der Waals surface area contributed by atoms with E-state index in [9.17, 15) is 18.0 Å². The molecule has 1 amide bonds. The van der Waals surface area contributed by atoms with Gasteiger partial charge in [-0.15, -0.1) is 0 Å². The van der Waals surface area contributed by atoms with E-state index in [1.54, 1.807) is 4.31 Å². The van der Waals surface area contributed by atoms with Gasteiger partial charge in [0.25, 0.3) is 0 Å². The number of esters is 1. The Morgan fingerprint density at radius 2 is 1.96 bits per heavy atom. The summed E-state index contributed by atoms with van der Waals surface area (Å²) in [5.41, 5.74) is 5.25. The molecule has 8 heteroatoms. The van der Waals surface area contributed by atoms with Gasteiger partial charge in [-0.05, 0) is 48.3 Å². The highest BCUT2D eigenvalue weighted by atomic mass is 32.2. The highest BCUT2D eigenvalue weighted by Crippen LogP contribution is 2.53. The van der Waals surface area contributed by atoms with Crippen molar-refractivity contribution in [2.24, 2.45) is 16.6 Å². The van der Waals surface area contributed by atoms with Crippen LogP contribution in [0.4, 0.5) is 0 Å². The van der Waals surface area contributed by atoms with Gasteiger partial charge in [0.1, 0.15) is 6.61 Å². The summed E-state index contributed by atoms with van der Waals surface area (Å²) in [6.45, 7) is 6.90. The molecule has 1 saturated heterocycles. The summed E-state index contributed by atoms with van der Waals surface area (Å²) in [7, 11) is -3.72. The van der Waals surface area contributed by atoms with Crippen molar-refractivity contribution in [1.29, 1.82) is 0 Å². The number of nitrogens with zero attached hydrogens (tertiary/aromatic N) is 1. The van der Waals surface area contributed by atoms with E-state index in [0.717, 1.165) is 19.3 Å². The third-order valence-corrected chi connectivity index (χ3v) is 7.52. The number of benzene rings is 1. The van der Waals surface area contributed by atoms with Gasteiger partial charge in [-0.1, -0.05) is 26.8 Å². The standard InChI is InChI=1S/C20H28N2O5S/c1-19(2)10-15-11-20(3,12-19)13-22(15)28(25,26)16-6-4-5-14(9-16)18(24)27-8-7-17(21)23/h4-6,9,15H,7-8,10-13H2,1-3H3,(H2,21,23). The van der Waals surface area contributed by atoms with E-state index >= 15 is 0 Å². The number of ether oxygens (including phenoxy) is 1. The van der Waals surface area contributed by atoms with Gasteiger partial charge in [0.2, 0.25) is 15.9 Å². The lowest BCUT2D eigenvalue weighted by molar-refractivity contribution is -0.118. The summed E-state index contributed by atoms with van der Waals surface area (Å²) in [5, 5.41) is 0. The number of amides is 1. The molecule has 1 aromatic rings. The maximum absolute atomic E-state index is 13.3. The van der Waals surface area contributed by atoms with E-state index < -0.39 is 21.9 Å².